The molecule has 2 fully saturated rings. The Bertz CT molecular complexity index is 571. The van der Waals surface area contributed by atoms with E-state index in [1.54, 1.807) is 0 Å². The van der Waals surface area contributed by atoms with Gasteiger partial charge in [0.1, 0.15) is 5.82 Å². The van der Waals surface area contributed by atoms with Gasteiger partial charge in [-0.2, -0.15) is 4.31 Å². The summed E-state index contributed by atoms with van der Waals surface area (Å²) >= 11 is 0. The first-order chi connectivity index (χ1) is 8.33. The van der Waals surface area contributed by atoms with Gasteiger partial charge in [0.05, 0.1) is 4.90 Å². The van der Waals surface area contributed by atoms with Crippen LogP contribution in [-0.4, -0.2) is 31.7 Å². The number of halogens is 3. The fourth-order valence-corrected chi connectivity index (χ4v) is 3.92. The predicted molar refractivity (Wildman–Crippen MR) is 57.1 cm³/mol. The minimum absolute atomic E-state index is 0.0616. The predicted octanol–water partition coefficient (Wildman–Crippen LogP) is 1.71. The van der Waals surface area contributed by atoms with Crippen molar-refractivity contribution < 1.29 is 21.6 Å². The van der Waals surface area contributed by atoms with Crippen LogP contribution in [0.4, 0.5) is 13.2 Å². The summed E-state index contributed by atoms with van der Waals surface area (Å²) in [6, 6.07) is 4.37. The molecule has 1 aromatic carbocycles. The van der Waals surface area contributed by atoms with Crippen molar-refractivity contribution in [1.82, 2.24) is 4.31 Å². The van der Waals surface area contributed by atoms with Gasteiger partial charge in [0.15, 0.2) is 0 Å². The van der Waals surface area contributed by atoms with Crippen LogP contribution in [0, 0.1) is 17.7 Å². The molecule has 0 aromatic heterocycles. The van der Waals surface area contributed by atoms with Crippen molar-refractivity contribution >= 4 is 10.0 Å². The van der Waals surface area contributed by atoms with Gasteiger partial charge in [0.25, 0.3) is 5.92 Å². The molecular formula is C11H10F3NO2S. The summed E-state index contributed by atoms with van der Waals surface area (Å²) in [6.45, 7) is -0.311. The number of piperidine rings is 1. The molecule has 3 nitrogen and oxygen atoms in total. The minimum Gasteiger partial charge on any atom is -0.207 e. The molecule has 2 atom stereocenters. The van der Waals surface area contributed by atoms with Crippen LogP contribution in [0.5, 0.6) is 0 Å². The fourth-order valence-electron chi connectivity index (χ4n) is 2.42. The topological polar surface area (TPSA) is 37.4 Å². The molecule has 2 aliphatic rings. The molecule has 1 aliphatic carbocycles. The van der Waals surface area contributed by atoms with Gasteiger partial charge in [-0.05, 0) is 24.3 Å². The van der Waals surface area contributed by atoms with E-state index in [2.05, 4.69) is 0 Å². The van der Waals surface area contributed by atoms with E-state index in [9.17, 15) is 21.6 Å². The Hall–Kier alpha value is -1.08. The average Bonchev–Trinajstić information content (AvgIpc) is 2.69. The largest absolute Gasteiger partial charge is 0.257 e. The number of nitrogens with zero attached hydrogens (tertiary/aromatic N) is 1. The highest BCUT2D eigenvalue weighted by molar-refractivity contribution is 7.89. The Kier molecular flexibility index (Phi) is 2.31. The highest BCUT2D eigenvalue weighted by Gasteiger charge is 2.72. The molecule has 98 valence electrons. The van der Waals surface area contributed by atoms with Crippen molar-refractivity contribution in [1.29, 1.82) is 0 Å². The molecule has 1 aromatic rings. The second-order valence-corrected chi connectivity index (χ2v) is 6.60. The van der Waals surface area contributed by atoms with Gasteiger partial charge < -0.3 is 0 Å². The molecule has 1 heterocycles. The summed E-state index contributed by atoms with van der Waals surface area (Å²) in [7, 11) is -3.77. The highest BCUT2D eigenvalue weighted by Crippen LogP contribution is 2.59. The number of hydrogen-bond acceptors (Lipinski definition) is 2. The second-order valence-electron chi connectivity index (χ2n) is 4.66. The lowest BCUT2D eigenvalue weighted by Gasteiger charge is -2.19. The third-order valence-corrected chi connectivity index (χ3v) is 5.46. The van der Waals surface area contributed by atoms with E-state index < -0.39 is 33.6 Å². The van der Waals surface area contributed by atoms with Crippen LogP contribution in [0.2, 0.25) is 0 Å². The molecule has 1 saturated carbocycles. The van der Waals surface area contributed by atoms with Crippen molar-refractivity contribution in [3.05, 3.63) is 30.1 Å². The lowest BCUT2D eigenvalue weighted by atomic mass is 10.4. The molecular weight excluding hydrogens is 267 g/mol. The SMILES string of the molecule is O=S(=O)(c1ccc(F)cc1)N1C[C@@H]2[C@H](C1)C2(F)F. The van der Waals surface area contributed by atoms with Gasteiger partial charge in [0.2, 0.25) is 10.0 Å². The molecule has 0 bridgehead atoms. The van der Waals surface area contributed by atoms with E-state index >= 15 is 0 Å². The second kappa shape index (κ2) is 3.48. The van der Waals surface area contributed by atoms with Gasteiger partial charge in [-0.15, -0.1) is 0 Å². The molecule has 0 radical (unpaired) electrons. The zero-order valence-electron chi connectivity index (χ0n) is 9.18. The summed E-state index contributed by atoms with van der Waals surface area (Å²) in [4.78, 5) is -0.0616. The van der Waals surface area contributed by atoms with Crippen LogP contribution in [0.25, 0.3) is 0 Å². The summed E-state index contributed by atoms with van der Waals surface area (Å²) in [6.07, 6.45) is 0. The molecule has 0 unspecified atom stereocenters. The fraction of sp³-hybridized carbons (Fsp3) is 0.455. The van der Waals surface area contributed by atoms with Crippen molar-refractivity contribution in [2.24, 2.45) is 11.8 Å². The summed E-state index contributed by atoms with van der Waals surface area (Å²) < 4.78 is 63.9. The van der Waals surface area contributed by atoms with Gasteiger partial charge in [-0.3, -0.25) is 0 Å². The molecule has 0 N–H and O–H groups in total. The molecule has 0 spiro atoms. The van der Waals surface area contributed by atoms with Crippen LogP contribution >= 0.6 is 0 Å². The van der Waals surface area contributed by atoms with Crippen LogP contribution in [0.15, 0.2) is 29.2 Å². The van der Waals surface area contributed by atoms with E-state index in [-0.39, 0.29) is 18.0 Å². The number of hydrogen-bond donors (Lipinski definition) is 0. The van der Waals surface area contributed by atoms with E-state index in [1.807, 2.05) is 0 Å². The van der Waals surface area contributed by atoms with Gasteiger partial charge in [0, 0.05) is 24.9 Å². The van der Waals surface area contributed by atoms with Crippen molar-refractivity contribution in [3.63, 3.8) is 0 Å². The van der Waals surface area contributed by atoms with Crippen LogP contribution < -0.4 is 0 Å². The maximum atomic E-state index is 13.0. The Morgan fingerprint density at radius 3 is 2.11 bits per heavy atom. The molecule has 3 rings (SSSR count). The minimum atomic E-state index is -3.77. The molecule has 18 heavy (non-hydrogen) atoms. The number of fused-ring (bicyclic) bond motifs is 1. The van der Waals surface area contributed by atoms with E-state index in [0.717, 1.165) is 28.6 Å². The summed E-state index contributed by atoms with van der Waals surface area (Å²) in [5.41, 5.74) is 0. The Morgan fingerprint density at radius 1 is 1.11 bits per heavy atom. The van der Waals surface area contributed by atoms with Crippen LogP contribution in [0.3, 0.4) is 0 Å². The zero-order chi connectivity index (χ0) is 13.1. The first kappa shape index (κ1) is 12.0. The quantitative estimate of drug-likeness (QED) is 0.825. The van der Waals surface area contributed by atoms with Crippen molar-refractivity contribution in [2.75, 3.05) is 13.1 Å². The highest BCUT2D eigenvalue weighted by atomic mass is 32.2. The molecule has 1 saturated heterocycles. The lowest BCUT2D eigenvalue weighted by Crippen LogP contribution is -2.33. The smallest absolute Gasteiger partial charge is 0.207 e. The summed E-state index contributed by atoms with van der Waals surface area (Å²) in [5, 5.41) is 0. The average molecular weight is 277 g/mol. The lowest BCUT2D eigenvalue weighted by molar-refractivity contribution is 0.0662. The van der Waals surface area contributed by atoms with Crippen LogP contribution in [0.1, 0.15) is 0 Å². The van der Waals surface area contributed by atoms with Gasteiger partial charge in [-0.1, -0.05) is 0 Å². The standard InChI is InChI=1S/C11H10F3NO2S/c12-7-1-3-8(4-2-7)18(16,17)15-5-9-10(6-15)11(9,13)14/h1-4,9-10H,5-6H2/t9-,10+. The third-order valence-electron chi connectivity index (χ3n) is 3.62. The van der Waals surface area contributed by atoms with Crippen LogP contribution in [-0.2, 0) is 10.0 Å². The molecule has 0 amide bonds. The first-order valence-electron chi connectivity index (χ1n) is 5.47. The first-order valence-corrected chi connectivity index (χ1v) is 6.91. The number of alkyl halides is 2. The monoisotopic (exact) mass is 277 g/mol. The van der Waals surface area contributed by atoms with Crippen molar-refractivity contribution in [3.8, 4) is 0 Å². The number of rotatable bonds is 2. The number of sulfonamides is 1. The Balaban J connectivity index is 1.83. The zero-order valence-corrected chi connectivity index (χ0v) is 10.0. The van der Waals surface area contributed by atoms with E-state index in [4.69, 9.17) is 0 Å². The maximum Gasteiger partial charge on any atom is 0.257 e. The normalized spacial score (nSPS) is 30.2. The van der Waals surface area contributed by atoms with Gasteiger partial charge in [-0.25, -0.2) is 21.6 Å². The van der Waals surface area contributed by atoms with E-state index in [1.165, 1.54) is 0 Å². The van der Waals surface area contributed by atoms with Crippen molar-refractivity contribution in [2.45, 2.75) is 10.8 Å². The van der Waals surface area contributed by atoms with Gasteiger partial charge >= 0.3 is 0 Å². The van der Waals surface area contributed by atoms with E-state index in [0.29, 0.717) is 0 Å². The Labute approximate surface area is 102 Å². The number of benzene rings is 1. The third kappa shape index (κ3) is 1.57. The molecule has 1 aliphatic heterocycles. The summed E-state index contributed by atoms with van der Waals surface area (Å²) in [5.74, 6) is -4.96. The maximum absolute atomic E-state index is 13.0. The Morgan fingerprint density at radius 2 is 1.61 bits per heavy atom. The molecule has 7 heteroatoms.